The van der Waals surface area contributed by atoms with Gasteiger partial charge in [-0.1, -0.05) is 12.1 Å². The van der Waals surface area contributed by atoms with Crippen LogP contribution in [0, 0.1) is 11.3 Å². The SMILES string of the molecule is COc1cccc(C(O)CN(C)CCCc2[nH]nc(N)c2C#N)c1. The van der Waals surface area contributed by atoms with Crippen LogP contribution in [0.1, 0.15) is 29.3 Å². The van der Waals surface area contributed by atoms with Crippen LogP contribution in [0.15, 0.2) is 24.3 Å². The summed E-state index contributed by atoms with van der Waals surface area (Å²) in [5.41, 5.74) is 7.63. The number of likely N-dealkylation sites (N-methyl/N-ethyl adjacent to an activating group) is 1. The normalized spacial score (nSPS) is 12.1. The number of nitrogens with one attached hydrogen (secondary N) is 1. The molecule has 1 unspecified atom stereocenters. The van der Waals surface area contributed by atoms with Crippen molar-refractivity contribution < 1.29 is 9.84 Å². The zero-order valence-corrected chi connectivity index (χ0v) is 14.0. The second-order valence-corrected chi connectivity index (χ2v) is 5.73. The van der Waals surface area contributed by atoms with E-state index in [4.69, 9.17) is 15.7 Å². The highest BCUT2D eigenvalue weighted by Gasteiger charge is 2.13. The van der Waals surface area contributed by atoms with E-state index in [1.807, 2.05) is 31.3 Å². The van der Waals surface area contributed by atoms with E-state index in [1.54, 1.807) is 7.11 Å². The molecule has 1 aromatic carbocycles. The monoisotopic (exact) mass is 329 g/mol. The average molecular weight is 329 g/mol. The Hall–Kier alpha value is -2.56. The van der Waals surface area contributed by atoms with Crippen molar-refractivity contribution in [1.29, 1.82) is 5.26 Å². The Morgan fingerprint density at radius 1 is 1.50 bits per heavy atom. The number of hydrogen-bond acceptors (Lipinski definition) is 6. The topological polar surface area (TPSA) is 111 Å². The number of benzene rings is 1. The zero-order chi connectivity index (χ0) is 17.5. The number of aromatic nitrogens is 2. The van der Waals surface area contributed by atoms with Gasteiger partial charge in [0.1, 0.15) is 17.4 Å². The number of methoxy groups -OCH3 is 1. The Morgan fingerprint density at radius 3 is 3.00 bits per heavy atom. The third kappa shape index (κ3) is 4.47. The van der Waals surface area contributed by atoms with Crippen molar-refractivity contribution >= 4 is 5.82 Å². The van der Waals surface area contributed by atoms with Crippen molar-refractivity contribution in [2.45, 2.75) is 18.9 Å². The van der Waals surface area contributed by atoms with Gasteiger partial charge in [-0.3, -0.25) is 5.10 Å². The van der Waals surface area contributed by atoms with Gasteiger partial charge in [0, 0.05) is 6.54 Å². The highest BCUT2D eigenvalue weighted by atomic mass is 16.5. The predicted molar refractivity (Wildman–Crippen MR) is 91.5 cm³/mol. The molecule has 0 aliphatic heterocycles. The van der Waals surface area contributed by atoms with Crippen LogP contribution < -0.4 is 10.5 Å². The number of nitriles is 1. The molecular formula is C17H23N5O2. The van der Waals surface area contributed by atoms with Crippen molar-refractivity contribution in [3.05, 3.63) is 41.1 Å². The number of hydrogen-bond donors (Lipinski definition) is 3. The van der Waals surface area contributed by atoms with Crippen LogP contribution >= 0.6 is 0 Å². The summed E-state index contributed by atoms with van der Waals surface area (Å²) in [6.45, 7) is 1.30. The Labute approximate surface area is 141 Å². The summed E-state index contributed by atoms with van der Waals surface area (Å²) in [7, 11) is 3.56. The molecule has 0 amide bonds. The lowest BCUT2D eigenvalue weighted by Gasteiger charge is -2.21. The number of anilines is 1. The maximum absolute atomic E-state index is 10.3. The standard InChI is InChI=1S/C17H23N5O2/c1-22(8-4-7-15-14(10-18)17(19)21-20-15)11-16(23)12-5-3-6-13(9-12)24-2/h3,5-6,9,16,23H,4,7-8,11H2,1-2H3,(H3,19,20,21). The Balaban J connectivity index is 1.82. The van der Waals surface area contributed by atoms with Crippen molar-refractivity contribution in [2.24, 2.45) is 0 Å². The number of nitrogen functional groups attached to an aromatic ring is 1. The Kier molecular flexibility index (Phi) is 6.18. The number of H-pyrrole nitrogens is 1. The molecule has 24 heavy (non-hydrogen) atoms. The van der Waals surface area contributed by atoms with Crippen molar-refractivity contribution in [3.63, 3.8) is 0 Å². The molecule has 0 bridgehead atoms. The minimum absolute atomic E-state index is 0.245. The highest BCUT2D eigenvalue weighted by Crippen LogP contribution is 2.20. The second-order valence-electron chi connectivity index (χ2n) is 5.73. The van der Waals surface area contributed by atoms with Gasteiger partial charge in [-0.15, -0.1) is 0 Å². The van der Waals surface area contributed by atoms with Gasteiger partial charge in [0.05, 0.1) is 18.9 Å². The Bertz CT molecular complexity index is 707. The van der Waals surface area contributed by atoms with E-state index in [1.165, 1.54) is 0 Å². The van der Waals surface area contributed by atoms with Crippen molar-refractivity contribution in [2.75, 3.05) is 33.0 Å². The molecule has 4 N–H and O–H groups in total. The third-order valence-corrected chi connectivity index (χ3v) is 3.91. The third-order valence-electron chi connectivity index (χ3n) is 3.91. The second kappa shape index (κ2) is 8.34. The zero-order valence-electron chi connectivity index (χ0n) is 14.0. The number of nitrogens with zero attached hydrogens (tertiary/aromatic N) is 3. The molecule has 2 aromatic rings. The largest absolute Gasteiger partial charge is 0.497 e. The van der Waals surface area contributed by atoms with Gasteiger partial charge in [0.25, 0.3) is 0 Å². The van der Waals surface area contributed by atoms with Gasteiger partial charge in [-0.2, -0.15) is 10.4 Å². The fourth-order valence-corrected chi connectivity index (χ4v) is 2.57. The van der Waals surface area contributed by atoms with Gasteiger partial charge in [0.15, 0.2) is 5.82 Å². The molecular weight excluding hydrogens is 306 g/mol. The van der Waals surface area contributed by atoms with Crippen LogP contribution in [0.5, 0.6) is 5.75 Å². The van der Waals surface area contributed by atoms with Gasteiger partial charge < -0.3 is 20.5 Å². The first-order valence-corrected chi connectivity index (χ1v) is 7.78. The number of ether oxygens (including phenoxy) is 1. The van der Waals surface area contributed by atoms with Crippen LogP contribution in [-0.4, -0.2) is 47.5 Å². The first kappa shape index (κ1) is 17.8. The maximum atomic E-state index is 10.3. The first-order chi connectivity index (χ1) is 11.5. The molecule has 128 valence electrons. The number of nitrogens with two attached hydrogens (primary N) is 1. The fraction of sp³-hybridized carbons (Fsp3) is 0.412. The molecule has 0 fully saturated rings. The summed E-state index contributed by atoms with van der Waals surface area (Å²) >= 11 is 0. The van der Waals surface area contributed by atoms with E-state index in [2.05, 4.69) is 21.2 Å². The molecule has 1 aromatic heterocycles. The smallest absolute Gasteiger partial charge is 0.163 e. The van der Waals surface area contributed by atoms with Crippen LogP contribution in [0.4, 0.5) is 5.82 Å². The Morgan fingerprint density at radius 2 is 2.29 bits per heavy atom. The van der Waals surface area contributed by atoms with E-state index >= 15 is 0 Å². The molecule has 1 heterocycles. The van der Waals surface area contributed by atoms with Crippen molar-refractivity contribution in [1.82, 2.24) is 15.1 Å². The van der Waals surface area contributed by atoms with Crippen molar-refractivity contribution in [3.8, 4) is 11.8 Å². The first-order valence-electron chi connectivity index (χ1n) is 7.78. The minimum Gasteiger partial charge on any atom is -0.497 e. The van der Waals surface area contributed by atoms with Gasteiger partial charge in [-0.25, -0.2) is 0 Å². The molecule has 7 nitrogen and oxygen atoms in total. The fourth-order valence-electron chi connectivity index (χ4n) is 2.57. The van der Waals surface area contributed by atoms with E-state index in [9.17, 15) is 5.11 Å². The lowest BCUT2D eigenvalue weighted by atomic mass is 10.1. The van der Waals surface area contributed by atoms with Gasteiger partial charge in [0.2, 0.25) is 0 Å². The lowest BCUT2D eigenvalue weighted by molar-refractivity contribution is 0.126. The summed E-state index contributed by atoms with van der Waals surface area (Å²) in [5, 5.41) is 26.0. The van der Waals surface area contributed by atoms with E-state index in [0.29, 0.717) is 18.5 Å². The molecule has 0 aliphatic carbocycles. The van der Waals surface area contributed by atoms with E-state index < -0.39 is 6.10 Å². The van der Waals surface area contributed by atoms with Crippen LogP contribution in [0.3, 0.4) is 0 Å². The van der Waals surface area contributed by atoms with Crippen LogP contribution in [0.2, 0.25) is 0 Å². The highest BCUT2D eigenvalue weighted by molar-refractivity contribution is 5.50. The molecule has 0 saturated carbocycles. The number of aliphatic hydroxyl groups excluding tert-OH is 1. The predicted octanol–water partition coefficient (Wildman–Crippen LogP) is 1.47. The summed E-state index contributed by atoms with van der Waals surface area (Å²) in [5.74, 6) is 0.976. The number of aryl methyl sites for hydroxylation is 1. The van der Waals surface area contributed by atoms with Crippen LogP contribution in [-0.2, 0) is 6.42 Å². The minimum atomic E-state index is -0.581. The summed E-state index contributed by atoms with van der Waals surface area (Å²) in [6, 6.07) is 9.50. The average Bonchev–Trinajstić information content (AvgIpc) is 2.94. The molecule has 0 aliphatic rings. The summed E-state index contributed by atoms with van der Waals surface area (Å²) in [4.78, 5) is 2.05. The summed E-state index contributed by atoms with van der Waals surface area (Å²) < 4.78 is 5.18. The van der Waals surface area contributed by atoms with E-state index in [0.717, 1.165) is 30.0 Å². The number of rotatable bonds is 8. The molecule has 0 radical (unpaired) electrons. The van der Waals surface area contributed by atoms with Crippen LogP contribution in [0.25, 0.3) is 0 Å². The van der Waals surface area contributed by atoms with Gasteiger partial charge >= 0.3 is 0 Å². The molecule has 0 spiro atoms. The molecule has 1 atom stereocenters. The number of aromatic amines is 1. The van der Waals surface area contributed by atoms with E-state index in [-0.39, 0.29) is 5.82 Å². The summed E-state index contributed by atoms with van der Waals surface area (Å²) in [6.07, 6.45) is 0.937. The molecule has 0 saturated heterocycles. The lowest BCUT2D eigenvalue weighted by Crippen LogP contribution is -2.26. The van der Waals surface area contributed by atoms with Gasteiger partial charge in [-0.05, 0) is 44.1 Å². The quantitative estimate of drug-likeness (QED) is 0.676. The molecule has 7 heteroatoms. The maximum Gasteiger partial charge on any atom is 0.163 e. The number of aliphatic hydroxyl groups is 1. The molecule has 2 rings (SSSR count).